The molecule has 0 bridgehead atoms. The van der Waals surface area contributed by atoms with E-state index in [-0.39, 0.29) is 0 Å². The second kappa shape index (κ2) is 8.58. The predicted molar refractivity (Wildman–Crippen MR) is 72.6 cm³/mol. The first-order valence-electron chi connectivity index (χ1n) is 6.52. The van der Waals surface area contributed by atoms with Gasteiger partial charge in [-0.15, -0.1) is 0 Å². The second-order valence-electron chi connectivity index (χ2n) is 5.06. The average Bonchev–Trinajstić information content (AvgIpc) is 2.18. The Morgan fingerprint density at radius 3 is 2.44 bits per heavy atom. The van der Waals surface area contributed by atoms with Gasteiger partial charge in [0.25, 0.3) is 0 Å². The summed E-state index contributed by atoms with van der Waals surface area (Å²) in [5, 5.41) is 10.1. The molecule has 0 aliphatic rings. The van der Waals surface area contributed by atoms with Gasteiger partial charge in [-0.05, 0) is 39.5 Å². The van der Waals surface area contributed by atoms with Crippen molar-refractivity contribution in [1.29, 1.82) is 0 Å². The van der Waals surface area contributed by atoms with Crippen LogP contribution in [0, 0.1) is 0 Å². The van der Waals surface area contributed by atoms with Gasteiger partial charge in [0.05, 0.1) is 5.60 Å². The van der Waals surface area contributed by atoms with E-state index in [2.05, 4.69) is 20.4 Å². The third-order valence-corrected chi connectivity index (χ3v) is 3.01. The first-order chi connectivity index (χ1) is 7.52. The molecule has 0 saturated heterocycles. The highest BCUT2D eigenvalue weighted by Gasteiger charge is 2.18. The topological polar surface area (TPSA) is 20.2 Å². The van der Waals surface area contributed by atoms with E-state index in [1.165, 1.54) is 18.4 Å². The molecule has 0 radical (unpaired) electrons. The molecule has 1 atom stereocenters. The Morgan fingerprint density at radius 1 is 1.25 bits per heavy atom. The van der Waals surface area contributed by atoms with E-state index < -0.39 is 5.60 Å². The quantitative estimate of drug-likeness (QED) is 0.447. The standard InChI is InChI=1S/C15H28O/c1-5-7-8-12-15(4,16)13-9-11-14(3)10-6-2/h6,10,16H,2,5,7-9,11-13H2,1,3-4H3/b14-10+. The summed E-state index contributed by atoms with van der Waals surface area (Å²) >= 11 is 0. The van der Waals surface area contributed by atoms with Crippen molar-refractivity contribution in [2.24, 2.45) is 0 Å². The fourth-order valence-corrected chi connectivity index (χ4v) is 1.91. The lowest BCUT2D eigenvalue weighted by atomic mass is 9.91. The molecule has 0 aromatic carbocycles. The first kappa shape index (κ1) is 15.4. The molecule has 0 amide bonds. The van der Waals surface area contributed by atoms with Crippen LogP contribution in [0.3, 0.4) is 0 Å². The first-order valence-corrected chi connectivity index (χ1v) is 6.52. The summed E-state index contributed by atoms with van der Waals surface area (Å²) in [6.07, 6.45) is 11.4. The van der Waals surface area contributed by atoms with Gasteiger partial charge >= 0.3 is 0 Å². The smallest absolute Gasteiger partial charge is 0.0619 e. The molecule has 1 unspecified atom stereocenters. The summed E-state index contributed by atoms with van der Waals surface area (Å²) in [4.78, 5) is 0. The Bertz CT molecular complexity index is 213. The van der Waals surface area contributed by atoms with E-state index in [9.17, 15) is 5.11 Å². The monoisotopic (exact) mass is 224 g/mol. The van der Waals surface area contributed by atoms with E-state index in [0.717, 1.165) is 32.1 Å². The number of aliphatic hydroxyl groups is 1. The summed E-state index contributed by atoms with van der Waals surface area (Å²) in [7, 11) is 0. The molecule has 16 heavy (non-hydrogen) atoms. The largest absolute Gasteiger partial charge is 0.390 e. The van der Waals surface area contributed by atoms with Crippen LogP contribution in [0.25, 0.3) is 0 Å². The van der Waals surface area contributed by atoms with Gasteiger partial charge in [0.1, 0.15) is 0 Å². The van der Waals surface area contributed by atoms with Crippen molar-refractivity contribution < 1.29 is 5.11 Å². The van der Waals surface area contributed by atoms with Crippen LogP contribution in [-0.2, 0) is 0 Å². The molecule has 0 rings (SSSR count). The highest BCUT2D eigenvalue weighted by Crippen LogP contribution is 2.22. The van der Waals surface area contributed by atoms with Gasteiger partial charge in [-0.1, -0.05) is 50.5 Å². The third-order valence-electron chi connectivity index (χ3n) is 3.01. The molecule has 0 aliphatic carbocycles. The SMILES string of the molecule is C=C/C=C(\C)CCCC(C)(O)CCCCC. The Kier molecular flexibility index (Phi) is 8.28. The molecule has 1 nitrogen and oxygen atoms in total. The second-order valence-corrected chi connectivity index (χ2v) is 5.06. The minimum Gasteiger partial charge on any atom is -0.390 e. The highest BCUT2D eigenvalue weighted by molar-refractivity contribution is 5.07. The van der Waals surface area contributed by atoms with Gasteiger partial charge in [0.15, 0.2) is 0 Å². The normalized spacial score (nSPS) is 15.9. The zero-order valence-corrected chi connectivity index (χ0v) is 11.3. The van der Waals surface area contributed by atoms with Crippen molar-refractivity contribution in [1.82, 2.24) is 0 Å². The number of hydrogen-bond acceptors (Lipinski definition) is 1. The lowest BCUT2D eigenvalue weighted by molar-refractivity contribution is 0.0375. The minimum absolute atomic E-state index is 0.469. The summed E-state index contributed by atoms with van der Waals surface area (Å²) in [6, 6.07) is 0. The van der Waals surface area contributed by atoms with Gasteiger partial charge in [-0.2, -0.15) is 0 Å². The van der Waals surface area contributed by atoms with Crippen LogP contribution in [0.1, 0.15) is 65.7 Å². The lowest BCUT2D eigenvalue weighted by Gasteiger charge is -2.23. The van der Waals surface area contributed by atoms with Gasteiger partial charge in [-0.3, -0.25) is 0 Å². The van der Waals surface area contributed by atoms with Gasteiger partial charge in [0, 0.05) is 0 Å². The molecule has 0 heterocycles. The summed E-state index contributed by atoms with van der Waals surface area (Å²) < 4.78 is 0. The van der Waals surface area contributed by atoms with Crippen LogP contribution in [-0.4, -0.2) is 10.7 Å². The molecular weight excluding hydrogens is 196 g/mol. The Labute approximate surface area is 101 Å². The maximum absolute atomic E-state index is 10.1. The van der Waals surface area contributed by atoms with Gasteiger partial charge in [-0.25, -0.2) is 0 Å². The van der Waals surface area contributed by atoms with Gasteiger partial charge < -0.3 is 5.11 Å². The number of hydrogen-bond donors (Lipinski definition) is 1. The van der Waals surface area contributed by atoms with E-state index in [4.69, 9.17) is 0 Å². The summed E-state index contributed by atoms with van der Waals surface area (Å²) in [5.74, 6) is 0. The number of rotatable bonds is 9. The Balaban J connectivity index is 3.72. The molecule has 0 fully saturated rings. The van der Waals surface area contributed by atoms with Crippen LogP contribution in [0.2, 0.25) is 0 Å². The third kappa shape index (κ3) is 8.72. The molecule has 0 aromatic rings. The molecule has 0 spiro atoms. The molecule has 1 heteroatoms. The number of allylic oxidation sites excluding steroid dienone is 3. The molecule has 0 aromatic heterocycles. The fraction of sp³-hybridized carbons (Fsp3) is 0.733. The van der Waals surface area contributed by atoms with E-state index in [0.29, 0.717) is 0 Å². The fourth-order valence-electron chi connectivity index (χ4n) is 1.91. The van der Waals surface area contributed by atoms with Crippen molar-refractivity contribution in [3.05, 3.63) is 24.3 Å². The molecule has 94 valence electrons. The van der Waals surface area contributed by atoms with Crippen LogP contribution in [0.5, 0.6) is 0 Å². The van der Waals surface area contributed by atoms with Crippen LogP contribution in [0.4, 0.5) is 0 Å². The zero-order valence-electron chi connectivity index (χ0n) is 11.3. The van der Waals surface area contributed by atoms with E-state index >= 15 is 0 Å². The van der Waals surface area contributed by atoms with E-state index in [1.54, 1.807) is 0 Å². The highest BCUT2D eigenvalue weighted by atomic mass is 16.3. The molecule has 0 aliphatic heterocycles. The van der Waals surface area contributed by atoms with Crippen molar-refractivity contribution >= 4 is 0 Å². The lowest BCUT2D eigenvalue weighted by Crippen LogP contribution is -2.23. The maximum atomic E-state index is 10.1. The van der Waals surface area contributed by atoms with Crippen LogP contribution >= 0.6 is 0 Å². The minimum atomic E-state index is -0.469. The van der Waals surface area contributed by atoms with E-state index in [1.807, 2.05) is 19.1 Å². The molecule has 0 saturated carbocycles. The van der Waals surface area contributed by atoms with Gasteiger partial charge in [0.2, 0.25) is 0 Å². The predicted octanol–water partition coefficient (Wildman–Crippen LogP) is 4.62. The molecule has 1 N–H and O–H groups in total. The zero-order chi connectivity index (χ0) is 12.4. The Hall–Kier alpha value is -0.560. The van der Waals surface area contributed by atoms with Crippen molar-refractivity contribution in [2.45, 2.75) is 71.3 Å². The van der Waals surface area contributed by atoms with Crippen molar-refractivity contribution in [3.63, 3.8) is 0 Å². The summed E-state index contributed by atoms with van der Waals surface area (Å²) in [6.45, 7) is 9.96. The van der Waals surface area contributed by atoms with Crippen molar-refractivity contribution in [2.75, 3.05) is 0 Å². The maximum Gasteiger partial charge on any atom is 0.0619 e. The average molecular weight is 224 g/mol. The van der Waals surface area contributed by atoms with Crippen molar-refractivity contribution in [3.8, 4) is 0 Å². The Morgan fingerprint density at radius 2 is 1.88 bits per heavy atom. The molecular formula is C15H28O. The van der Waals surface area contributed by atoms with Crippen LogP contribution < -0.4 is 0 Å². The summed E-state index contributed by atoms with van der Waals surface area (Å²) in [5.41, 5.74) is 0.878. The van der Waals surface area contributed by atoms with Crippen LogP contribution in [0.15, 0.2) is 24.3 Å². The number of unbranched alkanes of at least 4 members (excludes halogenated alkanes) is 2.